The number of hydrogen-bond acceptors (Lipinski definition) is 6. The van der Waals surface area contributed by atoms with Gasteiger partial charge in [-0.15, -0.1) is 0 Å². The first-order valence-electron chi connectivity index (χ1n) is 13.5. The normalized spacial score (nSPS) is 17.6. The summed E-state index contributed by atoms with van der Waals surface area (Å²) in [6.07, 6.45) is 4.86. The molecule has 1 aliphatic heterocycles. The lowest BCUT2D eigenvalue weighted by Crippen LogP contribution is -2.47. The molecule has 0 atom stereocenters. The van der Waals surface area contributed by atoms with Gasteiger partial charge in [0.15, 0.2) is 0 Å². The Labute approximate surface area is 248 Å². The number of nitrogens with two attached hydrogens (primary N) is 1. The molecule has 0 saturated carbocycles. The van der Waals surface area contributed by atoms with Crippen LogP contribution in [0.2, 0.25) is 5.02 Å². The van der Waals surface area contributed by atoms with Gasteiger partial charge in [-0.25, -0.2) is 9.78 Å². The number of halogens is 2. The summed E-state index contributed by atoms with van der Waals surface area (Å²) < 4.78 is 6.55. The Morgan fingerprint density at radius 2 is 1.85 bits per heavy atom. The number of nitrogen functional groups attached to an aromatic ring is 1. The number of rotatable bonds is 7. The lowest BCUT2D eigenvalue weighted by molar-refractivity contribution is 0.0694. The predicted molar refractivity (Wildman–Crippen MR) is 164 cm³/mol. The molecular formula is C31H34BrClN4O3. The molecule has 7 nitrogen and oxygen atoms in total. The maximum Gasteiger partial charge on any atom is 0.339 e. The van der Waals surface area contributed by atoms with Crippen molar-refractivity contribution in [1.29, 1.82) is 0 Å². The average Bonchev–Trinajstić information content (AvgIpc) is 2.92. The number of pyridine rings is 1. The maximum atomic E-state index is 11.9. The number of nitrogens with zero attached hydrogens (tertiary/aromatic N) is 3. The van der Waals surface area contributed by atoms with E-state index in [-0.39, 0.29) is 16.7 Å². The topological polar surface area (TPSA) is 91.9 Å². The molecule has 5 rings (SSSR count). The van der Waals surface area contributed by atoms with Gasteiger partial charge in [0.2, 0.25) is 0 Å². The second-order valence-corrected chi connectivity index (χ2v) is 12.6. The third-order valence-corrected chi connectivity index (χ3v) is 8.69. The predicted octanol–water partition coefficient (Wildman–Crippen LogP) is 7.36. The van der Waals surface area contributed by atoms with Gasteiger partial charge in [0, 0.05) is 55.6 Å². The highest BCUT2D eigenvalue weighted by atomic mass is 79.9. The number of piperazine rings is 1. The van der Waals surface area contributed by atoms with Gasteiger partial charge in [0.1, 0.15) is 22.9 Å². The Balaban J connectivity index is 1.30. The van der Waals surface area contributed by atoms with Crippen LogP contribution in [0.5, 0.6) is 11.5 Å². The van der Waals surface area contributed by atoms with Gasteiger partial charge in [-0.1, -0.05) is 43.2 Å². The number of carbonyl (C=O) groups is 1. The molecule has 0 radical (unpaired) electrons. The summed E-state index contributed by atoms with van der Waals surface area (Å²) >= 11 is 9.52. The smallest absolute Gasteiger partial charge is 0.339 e. The highest BCUT2D eigenvalue weighted by Crippen LogP contribution is 2.43. The third kappa shape index (κ3) is 6.62. The van der Waals surface area contributed by atoms with Crippen LogP contribution in [-0.4, -0.2) is 53.7 Å². The molecule has 1 aliphatic carbocycles. The van der Waals surface area contributed by atoms with Crippen molar-refractivity contribution in [1.82, 2.24) is 9.88 Å². The van der Waals surface area contributed by atoms with Crippen LogP contribution in [0.15, 0.2) is 64.8 Å². The summed E-state index contributed by atoms with van der Waals surface area (Å²) in [5, 5.41) is 10.5. The number of aromatic nitrogens is 1. The first-order valence-corrected chi connectivity index (χ1v) is 14.7. The Kier molecular flexibility index (Phi) is 8.40. The van der Waals surface area contributed by atoms with Gasteiger partial charge in [-0.3, -0.25) is 4.90 Å². The molecule has 3 aromatic rings. The standard InChI is InChI=1S/C31H34BrClN4O3/c1-31(2)10-9-21(26(17-31)20-3-5-22(33)6-4-20)19-36-11-13-37(14-12-36)23-7-8-25(30(38)39)28(15-23)40-24-16-27(32)29(34)35-18-24/h3-8,15-16,18H,9-14,17,19H2,1-2H3,(H2,34,35)(H,38,39). The lowest BCUT2D eigenvalue weighted by Gasteiger charge is -2.39. The van der Waals surface area contributed by atoms with Crippen molar-refractivity contribution in [3.05, 3.63) is 80.9 Å². The molecule has 1 aromatic heterocycles. The van der Waals surface area contributed by atoms with Gasteiger partial charge in [0.25, 0.3) is 0 Å². The molecule has 40 heavy (non-hydrogen) atoms. The molecule has 210 valence electrons. The summed E-state index contributed by atoms with van der Waals surface area (Å²) in [6.45, 7) is 9.21. The van der Waals surface area contributed by atoms with E-state index in [4.69, 9.17) is 22.1 Å². The van der Waals surface area contributed by atoms with Crippen molar-refractivity contribution in [2.24, 2.45) is 5.41 Å². The van der Waals surface area contributed by atoms with Crippen LogP contribution in [0.1, 0.15) is 49.0 Å². The monoisotopic (exact) mass is 624 g/mol. The van der Waals surface area contributed by atoms with Gasteiger partial charge >= 0.3 is 5.97 Å². The molecule has 9 heteroatoms. The van der Waals surface area contributed by atoms with Crippen molar-refractivity contribution >= 4 is 50.6 Å². The van der Waals surface area contributed by atoms with Crippen LogP contribution >= 0.6 is 27.5 Å². The molecule has 0 spiro atoms. The lowest BCUT2D eigenvalue weighted by atomic mass is 9.72. The number of benzene rings is 2. The van der Waals surface area contributed by atoms with E-state index in [9.17, 15) is 9.90 Å². The molecule has 2 aliphatic rings. The number of carboxylic acids is 1. The maximum absolute atomic E-state index is 11.9. The van der Waals surface area contributed by atoms with Gasteiger partial charge < -0.3 is 20.5 Å². The molecule has 2 heterocycles. The highest BCUT2D eigenvalue weighted by Gasteiger charge is 2.29. The Bertz CT molecular complexity index is 1430. The molecular weight excluding hydrogens is 592 g/mol. The minimum atomic E-state index is -1.05. The fourth-order valence-corrected chi connectivity index (χ4v) is 5.93. The Morgan fingerprint density at radius 3 is 2.52 bits per heavy atom. The summed E-state index contributed by atoms with van der Waals surface area (Å²) in [4.78, 5) is 20.8. The zero-order chi connectivity index (χ0) is 28.4. The third-order valence-electron chi connectivity index (χ3n) is 7.80. The van der Waals surface area contributed by atoms with E-state index in [0.29, 0.717) is 16.0 Å². The molecule has 0 bridgehead atoms. The summed E-state index contributed by atoms with van der Waals surface area (Å²) in [7, 11) is 0. The molecule has 1 saturated heterocycles. The fourth-order valence-electron chi connectivity index (χ4n) is 5.48. The number of hydrogen-bond donors (Lipinski definition) is 2. The Morgan fingerprint density at radius 1 is 1.12 bits per heavy atom. The van der Waals surface area contributed by atoms with Gasteiger partial charge in [-0.05, 0) is 76.0 Å². The number of allylic oxidation sites excluding steroid dienone is 1. The number of aromatic carboxylic acids is 1. The minimum absolute atomic E-state index is 0.0947. The van der Waals surface area contributed by atoms with E-state index in [0.717, 1.165) is 56.3 Å². The summed E-state index contributed by atoms with van der Waals surface area (Å²) in [6, 6.07) is 15.2. The quantitative estimate of drug-likeness (QED) is 0.284. The molecule has 2 aromatic carbocycles. The van der Waals surface area contributed by atoms with Crippen molar-refractivity contribution in [2.45, 2.75) is 33.1 Å². The van der Waals surface area contributed by atoms with Gasteiger partial charge in [-0.2, -0.15) is 0 Å². The van der Waals surface area contributed by atoms with Crippen molar-refractivity contribution in [3.63, 3.8) is 0 Å². The minimum Gasteiger partial charge on any atom is -0.478 e. The molecule has 1 fully saturated rings. The number of carboxylic acid groups (broad SMARTS) is 1. The van der Waals surface area contributed by atoms with Crippen LogP contribution in [0.3, 0.4) is 0 Å². The van der Waals surface area contributed by atoms with Gasteiger partial charge in [0.05, 0.1) is 10.7 Å². The SMILES string of the molecule is CC1(C)CCC(CN2CCN(c3ccc(C(=O)O)c(Oc4cnc(N)c(Br)c4)c3)CC2)=C(c2ccc(Cl)cc2)C1. The van der Waals surface area contributed by atoms with E-state index >= 15 is 0 Å². The highest BCUT2D eigenvalue weighted by molar-refractivity contribution is 9.10. The van der Waals surface area contributed by atoms with Crippen LogP contribution < -0.4 is 15.4 Å². The number of ether oxygens (including phenoxy) is 1. The first-order chi connectivity index (χ1) is 19.1. The molecule has 0 amide bonds. The van der Waals surface area contributed by atoms with Crippen molar-refractivity contribution in [3.8, 4) is 11.5 Å². The van der Waals surface area contributed by atoms with E-state index < -0.39 is 5.97 Å². The van der Waals surface area contributed by atoms with Crippen LogP contribution in [0, 0.1) is 5.41 Å². The summed E-state index contributed by atoms with van der Waals surface area (Å²) in [5.41, 5.74) is 11.4. The zero-order valence-corrected chi connectivity index (χ0v) is 25.1. The first kappa shape index (κ1) is 28.5. The van der Waals surface area contributed by atoms with Crippen LogP contribution in [0.4, 0.5) is 11.5 Å². The van der Waals surface area contributed by atoms with Crippen molar-refractivity contribution in [2.75, 3.05) is 43.4 Å². The Hall–Kier alpha value is -3.07. The van der Waals surface area contributed by atoms with Crippen molar-refractivity contribution < 1.29 is 14.6 Å². The van der Waals surface area contributed by atoms with E-state index in [1.165, 1.54) is 29.3 Å². The van der Waals surface area contributed by atoms with E-state index in [2.05, 4.69) is 56.7 Å². The summed E-state index contributed by atoms with van der Waals surface area (Å²) in [5.74, 6) is -0.0286. The molecule has 0 unspecified atom stereocenters. The van der Waals surface area contributed by atoms with Crippen LogP contribution in [-0.2, 0) is 0 Å². The zero-order valence-electron chi connectivity index (χ0n) is 22.8. The largest absolute Gasteiger partial charge is 0.478 e. The van der Waals surface area contributed by atoms with E-state index in [1.807, 2.05) is 18.2 Å². The van der Waals surface area contributed by atoms with E-state index in [1.54, 1.807) is 18.2 Å². The second kappa shape index (κ2) is 11.8. The average molecular weight is 626 g/mol. The van der Waals surface area contributed by atoms with Crippen LogP contribution in [0.25, 0.3) is 5.57 Å². The fraction of sp³-hybridized carbons (Fsp3) is 0.355. The number of anilines is 2. The second-order valence-electron chi connectivity index (χ2n) is 11.3. The molecule has 3 N–H and O–H groups in total.